The summed E-state index contributed by atoms with van der Waals surface area (Å²) in [5.41, 5.74) is 1.28. The molecule has 1 aliphatic heterocycles. The zero-order valence-electron chi connectivity index (χ0n) is 11.9. The lowest BCUT2D eigenvalue weighted by atomic mass is 10.2. The van der Waals surface area contributed by atoms with E-state index in [2.05, 4.69) is 56.2 Å². The Labute approximate surface area is 119 Å². The first kappa shape index (κ1) is 13.3. The van der Waals surface area contributed by atoms with E-state index >= 15 is 0 Å². The number of aromatic nitrogens is 3. The summed E-state index contributed by atoms with van der Waals surface area (Å²) in [4.78, 5) is 2.46. The molecule has 1 unspecified atom stereocenters. The highest BCUT2D eigenvalue weighted by Gasteiger charge is 2.22. The molecule has 1 N–H and O–H groups in total. The van der Waals surface area contributed by atoms with E-state index in [0.29, 0.717) is 6.04 Å². The molecular formula is C15H21N5. The van der Waals surface area contributed by atoms with Gasteiger partial charge >= 0.3 is 0 Å². The topological polar surface area (TPSA) is 46.0 Å². The Morgan fingerprint density at radius 1 is 1.20 bits per heavy atom. The van der Waals surface area contributed by atoms with E-state index < -0.39 is 0 Å². The summed E-state index contributed by atoms with van der Waals surface area (Å²) < 4.78 is 2.15. The first-order valence-electron chi connectivity index (χ1n) is 7.21. The van der Waals surface area contributed by atoms with E-state index in [4.69, 9.17) is 0 Å². The van der Waals surface area contributed by atoms with Gasteiger partial charge in [-0.15, -0.1) is 10.2 Å². The minimum atomic E-state index is 0.309. The third-order valence-electron chi connectivity index (χ3n) is 3.91. The molecule has 0 aliphatic carbocycles. The van der Waals surface area contributed by atoms with Crippen LogP contribution in [-0.2, 0) is 6.54 Å². The van der Waals surface area contributed by atoms with Crippen LogP contribution in [0.15, 0.2) is 36.7 Å². The standard InChI is InChI=1S/C15H21N5/c1-13(19-9-7-16-8-10-19)15-18-17-12-20(15)11-14-5-3-2-4-6-14/h2-6,12-13,16H,7-11H2,1H3. The van der Waals surface area contributed by atoms with E-state index in [1.807, 2.05) is 12.4 Å². The molecule has 0 bridgehead atoms. The first-order chi connectivity index (χ1) is 9.84. The lowest BCUT2D eigenvalue weighted by molar-refractivity contribution is 0.176. The number of hydrogen-bond donors (Lipinski definition) is 1. The number of benzene rings is 1. The minimum absolute atomic E-state index is 0.309. The van der Waals surface area contributed by atoms with Gasteiger partial charge in [0.15, 0.2) is 0 Å². The van der Waals surface area contributed by atoms with Crippen molar-refractivity contribution in [2.75, 3.05) is 26.2 Å². The molecule has 2 aromatic rings. The summed E-state index contributed by atoms with van der Waals surface area (Å²) in [7, 11) is 0. The number of nitrogens with zero attached hydrogens (tertiary/aromatic N) is 4. The molecule has 0 spiro atoms. The van der Waals surface area contributed by atoms with E-state index in [1.165, 1.54) is 5.56 Å². The molecule has 0 amide bonds. The van der Waals surface area contributed by atoms with Crippen molar-refractivity contribution >= 4 is 0 Å². The quantitative estimate of drug-likeness (QED) is 0.910. The van der Waals surface area contributed by atoms with E-state index in [0.717, 1.165) is 38.5 Å². The van der Waals surface area contributed by atoms with Crippen LogP contribution >= 0.6 is 0 Å². The monoisotopic (exact) mass is 271 g/mol. The predicted molar refractivity (Wildman–Crippen MR) is 78.4 cm³/mol. The highest BCUT2D eigenvalue weighted by Crippen LogP contribution is 2.19. The Hall–Kier alpha value is -1.72. The fraction of sp³-hybridized carbons (Fsp3) is 0.467. The third kappa shape index (κ3) is 2.89. The van der Waals surface area contributed by atoms with Crippen LogP contribution in [0.5, 0.6) is 0 Å². The molecule has 20 heavy (non-hydrogen) atoms. The second-order valence-corrected chi connectivity index (χ2v) is 5.26. The van der Waals surface area contributed by atoms with Crippen LogP contribution in [0.1, 0.15) is 24.4 Å². The SMILES string of the molecule is CC(c1nncn1Cc1ccccc1)N1CCNCC1. The Bertz CT molecular complexity index is 530. The summed E-state index contributed by atoms with van der Waals surface area (Å²) in [6.07, 6.45) is 1.83. The summed E-state index contributed by atoms with van der Waals surface area (Å²) in [5.74, 6) is 1.05. The molecule has 1 saturated heterocycles. The lowest BCUT2D eigenvalue weighted by Gasteiger charge is -2.32. The summed E-state index contributed by atoms with van der Waals surface area (Å²) >= 11 is 0. The van der Waals surface area contributed by atoms with Crippen LogP contribution in [-0.4, -0.2) is 45.8 Å². The van der Waals surface area contributed by atoms with Gasteiger partial charge < -0.3 is 9.88 Å². The maximum absolute atomic E-state index is 4.34. The predicted octanol–water partition coefficient (Wildman–Crippen LogP) is 1.29. The number of piperazine rings is 1. The molecule has 1 atom stereocenters. The Morgan fingerprint density at radius 2 is 1.95 bits per heavy atom. The van der Waals surface area contributed by atoms with Gasteiger partial charge in [0.2, 0.25) is 0 Å². The van der Waals surface area contributed by atoms with Crippen molar-refractivity contribution < 1.29 is 0 Å². The normalized spacial score (nSPS) is 18.1. The van der Waals surface area contributed by atoms with Gasteiger partial charge in [0.25, 0.3) is 0 Å². The summed E-state index contributed by atoms with van der Waals surface area (Å²) in [6.45, 7) is 7.30. The van der Waals surface area contributed by atoms with Gasteiger partial charge in [0.1, 0.15) is 12.2 Å². The molecule has 0 saturated carbocycles. The molecule has 1 aromatic carbocycles. The smallest absolute Gasteiger partial charge is 0.150 e. The fourth-order valence-electron chi connectivity index (χ4n) is 2.72. The highest BCUT2D eigenvalue weighted by atomic mass is 15.3. The van der Waals surface area contributed by atoms with Gasteiger partial charge in [-0.05, 0) is 12.5 Å². The molecule has 3 rings (SSSR count). The van der Waals surface area contributed by atoms with Crippen molar-refractivity contribution in [3.8, 4) is 0 Å². The molecule has 5 heteroatoms. The molecule has 106 valence electrons. The van der Waals surface area contributed by atoms with Crippen LogP contribution < -0.4 is 5.32 Å². The van der Waals surface area contributed by atoms with Gasteiger partial charge in [-0.3, -0.25) is 4.90 Å². The Kier molecular flexibility index (Phi) is 4.08. The third-order valence-corrected chi connectivity index (χ3v) is 3.91. The van der Waals surface area contributed by atoms with Crippen molar-refractivity contribution in [2.45, 2.75) is 19.5 Å². The second-order valence-electron chi connectivity index (χ2n) is 5.26. The zero-order chi connectivity index (χ0) is 13.8. The second kappa shape index (κ2) is 6.15. The molecule has 0 radical (unpaired) electrons. The molecule has 2 heterocycles. The largest absolute Gasteiger partial charge is 0.314 e. The van der Waals surface area contributed by atoms with Crippen molar-refractivity contribution in [2.24, 2.45) is 0 Å². The average Bonchev–Trinajstić information content (AvgIpc) is 2.96. The highest BCUT2D eigenvalue weighted by molar-refractivity contribution is 5.15. The van der Waals surface area contributed by atoms with E-state index in [9.17, 15) is 0 Å². The number of nitrogens with one attached hydrogen (secondary N) is 1. The first-order valence-corrected chi connectivity index (χ1v) is 7.21. The van der Waals surface area contributed by atoms with Crippen molar-refractivity contribution in [1.29, 1.82) is 0 Å². The minimum Gasteiger partial charge on any atom is -0.314 e. The molecule has 1 aromatic heterocycles. The van der Waals surface area contributed by atoms with Crippen LogP contribution in [0.25, 0.3) is 0 Å². The zero-order valence-corrected chi connectivity index (χ0v) is 11.9. The van der Waals surface area contributed by atoms with Crippen LogP contribution in [0.4, 0.5) is 0 Å². The average molecular weight is 271 g/mol. The molecule has 1 fully saturated rings. The van der Waals surface area contributed by atoms with Crippen LogP contribution in [0, 0.1) is 0 Å². The van der Waals surface area contributed by atoms with Crippen LogP contribution in [0.2, 0.25) is 0 Å². The van der Waals surface area contributed by atoms with Gasteiger partial charge in [0.05, 0.1) is 12.6 Å². The van der Waals surface area contributed by atoms with Gasteiger partial charge in [0, 0.05) is 26.2 Å². The Balaban J connectivity index is 1.75. The van der Waals surface area contributed by atoms with E-state index in [-0.39, 0.29) is 0 Å². The van der Waals surface area contributed by atoms with Gasteiger partial charge in [-0.2, -0.15) is 0 Å². The number of hydrogen-bond acceptors (Lipinski definition) is 4. The Morgan fingerprint density at radius 3 is 2.70 bits per heavy atom. The molecule has 1 aliphatic rings. The van der Waals surface area contributed by atoms with Crippen LogP contribution in [0.3, 0.4) is 0 Å². The number of rotatable bonds is 4. The van der Waals surface area contributed by atoms with Crippen molar-refractivity contribution in [3.05, 3.63) is 48.0 Å². The molecular weight excluding hydrogens is 250 g/mol. The maximum Gasteiger partial charge on any atom is 0.150 e. The van der Waals surface area contributed by atoms with Gasteiger partial charge in [-0.25, -0.2) is 0 Å². The van der Waals surface area contributed by atoms with Crippen molar-refractivity contribution in [3.63, 3.8) is 0 Å². The molecule has 5 nitrogen and oxygen atoms in total. The maximum atomic E-state index is 4.34. The van der Waals surface area contributed by atoms with Gasteiger partial charge in [-0.1, -0.05) is 30.3 Å². The van der Waals surface area contributed by atoms with Crippen molar-refractivity contribution in [1.82, 2.24) is 25.0 Å². The summed E-state index contributed by atoms with van der Waals surface area (Å²) in [6, 6.07) is 10.8. The summed E-state index contributed by atoms with van der Waals surface area (Å²) in [5, 5.41) is 11.8. The van der Waals surface area contributed by atoms with E-state index in [1.54, 1.807) is 0 Å². The fourth-order valence-corrected chi connectivity index (χ4v) is 2.72. The lowest BCUT2D eigenvalue weighted by Crippen LogP contribution is -2.45.